The number of benzene rings is 5. The van der Waals surface area contributed by atoms with Crippen molar-refractivity contribution in [2.24, 2.45) is 0 Å². The zero-order chi connectivity index (χ0) is 27.6. The van der Waals surface area contributed by atoms with Crippen molar-refractivity contribution in [1.82, 2.24) is 4.57 Å². The van der Waals surface area contributed by atoms with Crippen molar-refractivity contribution in [2.45, 2.75) is 53.5 Å². The monoisotopic (exact) mass is 522 g/mol. The SMILES string of the molecule is CCCCc1ccc(N(c2ccccc2)c2ccc3c(c2)c2ccccc2n3CC)cc1-c1cc(C)ccc1C. The lowest BCUT2D eigenvalue weighted by molar-refractivity contribution is 0.796. The fraction of sp³-hybridized carbons (Fsp3) is 0.211. The van der Waals surface area contributed by atoms with Crippen molar-refractivity contribution < 1.29 is 0 Å². The van der Waals surface area contributed by atoms with Crippen LogP contribution in [0.4, 0.5) is 17.1 Å². The van der Waals surface area contributed by atoms with Crippen LogP contribution in [-0.4, -0.2) is 4.57 Å². The summed E-state index contributed by atoms with van der Waals surface area (Å²) in [5, 5.41) is 2.60. The van der Waals surface area contributed by atoms with Crippen molar-refractivity contribution in [3.05, 3.63) is 126 Å². The second-order valence-corrected chi connectivity index (χ2v) is 10.9. The molecule has 0 radical (unpaired) electrons. The Kier molecular flexibility index (Phi) is 7.17. The van der Waals surface area contributed by atoms with Gasteiger partial charge in [0.15, 0.2) is 0 Å². The Labute approximate surface area is 238 Å². The summed E-state index contributed by atoms with van der Waals surface area (Å²) in [6.07, 6.45) is 3.47. The van der Waals surface area contributed by atoms with Gasteiger partial charge in [0, 0.05) is 45.4 Å². The number of unbranched alkanes of at least 4 members (excludes halogenated alkanes) is 1. The van der Waals surface area contributed by atoms with Crippen molar-refractivity contribution >= 4 is 38.9 Å². The number of anilines is 3. The van der Waals surface area contributed by atoms with E-state index in [0.717, 1.165) is 18.7 Å². The fourth-order valence-electron chi connectivity index (χ4n) is 6.11. The second-order valence-electron chi connectivity index (χ2n) is 10.9. The smallest absolute Gasteiger partial charge is 0.0492 e. The van der Waals surface area contributed by atoms with Gasteiger partial charge in [-0.1, -0.05) is 79.6 Å². The summed E-state index contributed by atoms with van der Waals surface area (Å²) in [5.41, 5.74) is 12.8. The highest BCUT2D eigenvalue weighted by Gasteiger charge is 2.18. The zero-order valence-corrected chi connectivity index (χ0v) is 24.1. The van der Waals surface area contributed by atoms with Crippen molar-refractivity contribution in [2.75, 3.05) is 4.90 Å². The van der Waals surface area contributed by atoms with Gasteiger partial charge in [-0.05, 0) is 104 Å². The topological polar surface area (TPSA) is 8.17 Å². The van der Waals surface area contributed by atoms with Gasteiger partial charge in [0.2, 0.25) is 0 Å². The lowest BCUT2D eigenvalue weighted by atomic mass is 9.91. The van der Waals surface area contributed by atoms with Crippen LogP contribution in [0.15, 0.2) is 109 Å². The van der Waals surface area contributed by atoms with Gasteiger partial charge in [-0.25, -0.2) is 0 Å². The molecule has 0 atom stereocenters. The van der Waals surface area contributed by atoms with Crippen LogP contribution in [0.5, 0.6) is 0 Å². The minimum Gasteiger partial charge on any atom is -0.341 e. The summed E-state index contributed by atoms with van der Waals surface area (Å²) in [6, 6.07) is 40.4. The third-order valence-corrected chi connectivity index (χ3v) is 8.18. The summed E-state index contributed by atoms with van der Waals surface area (Å²) in [5.74, 6) is 0. The Hall–Kier alpha value is -4.30. The third kappa shape index (κ3) is 4.69. The molecule has 1 heterocycles. The van der Waals surface area contributed by atoms with Crippen LogP contribution in [0.2, 0.25) is 0 Å². The molecule has 1 aromatic heterocycles. The Bertz CT molecular complexity index is 1790. The number of rotatable bonds is 8. The lowest BCUT2D eigenvalue weighted by Gasteiger charge is -2.27. The molecule has 200 valence electrons. The average Bonchev–Trinajstić information content (AvgIpc) is 3.31. The van der Waals surface area contributed by atoms with Crippen LogP contribution < -0.4 is 4.90 Å². The predicted molar refractivity (Wildman–Crippen MR) is 173 cm³/mol. The van der Waals surface area contributed by atoms with E-state index in [4.69, 9.17) is 0 Å². The van der Waals surface area contributed by atoms with Gasteiger partial charge in [-0.2, -0.15) is 0 Å². The van der Waals surface area contributed by atoms with Crippen molar-refractivity contribution in [1.29, 1.82) is 0 Å². The van der Waals surface area contributed by atoms with Crippen LogP contribution in [0.3, 0.4) is 0 Å². The van der Waals surface area contributed by atoms with E-state index < -0.39 is 0 Å². The van der Waals surface area contributed by atoms with E-state index >= 15 is 0 Å². The molecule has 2 nitrogen and oxygen atoms in total. The van der Waals surface area contributed by atoms with E-state index in [0.29, 0.717) is 0 Å². The number of hydrogen-bond acceptors (Lipinski definition) is 1. The molecule has 0 N–H and O–H groups in total. The third-order valence-electron chi connectivity index (χ3n) is 8.18. The number of aryl methyl sites for hydroxylation is 4. The van der Waals surface area contributed by atoms with Gasteiger partial charge in [-0.3, -0.25) is 0 Å². The molecule has 0 unspecified atom stereocenters. The Morgan fingerprint density at radius 3 is 2.12 bits per heavy atom. The largest absolute Gasteiger partial charge is 0.341 e. The fourth-order valence-corrected chi connectivity index (χ4v) is 6.11. The number of hydrogen-bond donors (Lipinski definition) is 0. The molecule has 6 rings (SSSR count). The Morgan fingerprint density at radius 1 is 0.600 bits per heavy atom. The highest BCUT2D eigenvalue weighted by Crippen LogP contribution is 2.41. The molecule has 0 saturated heterocycles. The first-order chi connectivity index (χ1) is 19.6. The van der Waals surface area contributed by atoms with Crippen LogP contribution >= 0.6 is 0 Å². The number of para-hydroxylation sites is 2. The van der Waals surface area contributed by atoms with Crippen molar-refractivity contribution in [3.63, 3.8) is 0 Å². The van der Waals surface area contributed by atoms with Crippen LogP contribution in [0.25, 0.3) is 32.9 Å². The molecule has 6 aromatic rings. The van der Waals surface area contributed by atoms with E-state index in [-0.39, 0.29) is 0 Å². The summed E-state index contributed by atoms with van der Waals surface area (Å²) in [7, 11) is 0. The maximum absolute atomic E-state index is 2.42. The van der Waals surface area contributed by atoms with Crippen LogP contribution in [-0.2, 0) is 13.0 Å². The first-order valence-corrected chi connectivity index (χ1v) is 14.7. The molecule has 0 amide bonds. The highest BCUT2D eigenvalue weighted by molar-refractivity contribution is 6.09. The molecule has 5 aromatic carbocycles. The normalized spacial score (nSPS) is 11.4. The van der Waals surface area contributed by atoms with Gasteiger partial charge in [0.05, 0.1) is 0 Å². The maximum Gasteiger partial charge on any atom is 0.0492 e. The minimum absolute atomic E-state index is 0.949. The quantitative estimate of drug-likeness (QED) is 0.193. The zero-order valence-electron chi connectivity index (χ0n) is 24.1. The summed E-state index contributed by atoms with van der Waals surface area (Å²) in [4.78, 5) is 2.41. The van der Waals surface area contributed by atoms with Crippen LogP contribution in [0.1, 0.15) is 43.4 Å². The standard InChI is InChI=1S/C38H38N2/c1-5-7-13-29-20-21-31(25-35(29)34-24-27(3)18-19-28(34)4)40(30-14-9-8-10-15-30)32-22-23-38-36(26-32)33-16-11-12-17-37(33)39(38)6-2/h8-12,14-26H,5-7,13H2,1-4H3. The molecule has 0 spiro atoms. The van der Waals surface area contributed by atoms with E-state index in [9.17, 15) is 0 Å². The Balaban J connectivity index is 1.58. The van der Waals surface area contributed by atoms with Crippen molar-refractivity contribution in [3.8, 4) is 11.1 Å². The summed E-state index contributed by atoms with van der Waals surface area (Å²) < 4.78 is 2.42. The molecule has 0 saturated carbocycles. The highest BCUT2D eigenvalue weighted by atomic mass is 15.1. The van der Waals surface area contributed by atoms with Gasteiger partial charge in [0.1, 0.15) is 0 Å². The van der Waals surface area contributed by atoms with E-state index in [1.165, 1.54) is 73.8 Å². The second kappa shape index (κ2) is 11.1. The summed E-state index contributed by atoms with van der Waals surface area (Å²) >= 11 is 0. The first-order valence-electron chi connectivity index (χ1n) is 14.7. The van der Waals surface area contributed by atoms with Gasteiger partial charge < -0.3 is 9.47 Å². The predicted octanol–water partition coefficient (Wildman–Crippen LogP) is 10.9. The minimum atomic E-state index is 0.949. The summed E-state index contributed by atoms with van der Waals surface area (Å²) in [6.45, 7) is 9.87. The maximum atomic E-state index is 2.42. The first kappa shape index (κ1) is 26.0. The average molecular weight is 523 g/mol. The van der Waals surface area contributed by atoms with E-state index in [1.54, 1.807) is 0 Å². The molecular formula is C38H38N2. The van der Waals surface area contributed by atoms with Gasteiger partial charge >= 0.3 is 0 Å². The molecular weight excluding hydrogens is 484 g/mol. The van der Waals surface area contributed by atoms with Crippen LogP contribution in [0, 0.1) is 13.8 Å². The number of aromatic nitrogens is 1. The van der Waals surface area contributed by atoms with E-state index in [1.807, 2.05) is 0 Å². The number of fused-ring (bicyclic) bond motifs is 3. The lowest BCUT2D eigenvalue weighted by Crippen LogP contribution is -2.10. The van der Waals surface area contributed by atoms with E-state index in [2.05, 4.69) is 146 Å². The Morgan fingerprint density at radius 2 is 1.32 bits per heavy atom. The molecule has 0 fully saturated rings. The molecule has 0 bridgehead atoms. The van der Waals surface area contributed by atoms with Gasteiger partial charge in [0.25, 0.3) is 0 Å². The van der Waals surface area contributed by atoms with Gasteiger partial charge in [-0.15, -0.1) is 0 Å². The number of nitrogens with zero attached hydrogens (tertiary/aromatic N) is 2. The molecule has 0 aliphatic carbocycles. The molecule has 2 heteroatoms. The molecule has 0 aliphatic rings. The molecule has 0 aliphatic heterocycles. The molecule has 40 heavy (non-hydrogen) atoms.